The van der Waals surface area contributed by atoms with E-state index in [1.807, 2.05) is 0 Å². The van der Waals surface area contributed by atoms with Gasteiger partial charge in [0, 0.05) is 6.07 Å². The van der Waals surface area contributed by atoms with Gasteiger partial charge in [0.15, 0.2) is 0 Å². The molecule has 0 bridgehead atoms. The minimum Gasteiger partial charge on any atom is -0.486 e. The van der Waals surface area contributed by atoms with E-state index in [2.05, 4.69) is 25.4 Å². The first kappa shape index (κ1) is 14.0. The number of ether oxygens (including phenoxy) is 2. The molecule has 0 fully saturated rings. The van der Waals surface area contributed by atoms with E-state index in [4.69, 9.17) is 0 Å². The molecule has 0 atom stereocenters. The Kier molecular flexibility index (Phi) is 4.55. The Balaban J connectivity index is 2.79. The van der Waals surface area contributed by atoms with E-state index in [9.17, 15) is 22.0 Å². The summed E-state index contributed by atoms with van der Waals surface area (Å²) < 4.78 is 67.9. The van der Waals surface area contributed by atoms with Gasteiger partial charge in [0.1, 0.15) is 18.1 Å². The van der Waals surface area contributed by atoms with Crippen molar-refractivity contribution < 1.29 is 31.4 Å². The van der Waals surface area contributed by atoms with Gasteiger partial charge in [0.05, 0.1) is 4.47 Å². The monoisotopic (exact) mass is 320 g/mol. The van der Waals surface area contributed by atoms with Crippen LogP contribution < -0.4 is 9.47 Å². The van der Waals surface area contributed by atoms with Crippen LogP contribution >= 0.6 is 15.9 Å². The number of halogens is 6. The van der Waals surface area contributed by atoms with Crippen LogP contribution in [0.25, 0.3) is 0 Å². The normalized spacial score (nSPS) is 11.7. The van der Waals surface area contributed by atoms with E-state index >= 15 is 0 Å². The molecule has 1 aromatic carbocycles. The highest BCUT2D eigenvalue weighted by Gasteiger charge is 2.31. The van der Waals surface area contributed by atoms with Crippen LogP contribution in [0.15, 0.2) is 22.7 Å². The summed E-state index contributed by atoms with van der Waals surface area (Å²) in [5.74, 6) is -0.683. The molecule has 2 nitrogen and oxygen atoms in total. The number of alkyl halides is 5. The van der Waals surface area contributed by atoms with Gasteiger partial charge < -0.3 is 9.47 Å². The minimum absolute atomic E-state index is 0.146. The largest absolute Gasteiger partial charge is 0.573 e. The standard InChI is InChI=1S/C9H6BrF5O2/c10-6-2-1-5(17-9(13,14)15)3-7(6)16-4-8(11)12/h1-3,8H,4H2. The van der Waals surface area contributed by atoms with Gasteiger partial charge in [0.25, 0.3) is 6.43 Å². The molecule has 0 radical (unpaired) electrons. The van der Waals surface area contributed by atoms with E-state index in [1.165, 1.54) is 6.07 Å². The molecule has 0 heterocycles. The number of hydrogen-bond donors (Lipinski definition) is 0. The van der Waals surface area contributed by atoms with Crippen molar-refractivity contribution in [1.29, 1.82) is 0 Å². The van der Waals surface area contributed by atoms with Crippen LogP contribution in [-0.4, -0.2) is 19.4 Å². The molecule has 0 unspecified atom stereocenters. The third kappa shape index (κ3) is 5.20. The topological polar surface area (TPSA) is 18.5 Å². The van der Waals surface area contributed by atoms with Gasteiger partial charge in [-0.25, -0.2) is 8.78 Å². The summed E-state index contributed by atoms with van der Waals surface area (Å²) in [6, 6.07) is 3.12. The summed E-state index contributed by atoms with van der Waals surface area (Å²) in [6.07, 6.45) is -7.55. The highest BCUT2D eigenvalue weighted by atomic mass is 79.9. The SMILES string of the molecule is FC(F)COc1cc(OC(F)(F)F)ccc1Br. The molecule has 0 saturated heterocycles. The second kappa shape index (κ2) is 5.52. The molecule has 1 aromatic rings. The van der Waals surface area contributed by atoms with Gasteiger partial charge in [-0.15, -0.1) is 13.2 Å². The lowest BCUT2D eigenvalue weighted by molar-refractivity contribution is -0.274. The Hall–Kier alpha value is -1.05. The van der Waals surface area contributed by atoms with Crippen LogP contribution in [-0.2, 0) is 0 Å². The average Bonchev–Trinajstić information content (AvgIpc) is 2.16. The maximum atomic E-state index is 11.9. The zero-order chi connectivity index (χ0) is 13.1. The Morgan fingerprint density at radius 1 is 1.24 bits per heavy atom. The van der Waals surface area contributed by atoms with Crippen molar-refractivity contribution in [3.63, 3.8) is 0 Å². The van der Waals surface area contributed by atoms with Crippen LogP contribution in [0.1, 0.15) is 0 Å². The lowest BCUT2D eigenvalue weighted by Crippen LogP contribution is -2.17. The maximum Gasteiger partial charge on any atom is 0.573 e. The lowest BCUT2D eigenvalue weighted by Gasteiger charge is -2.12. The minimum atomic E-state index is -4.84. The van der Waals surface area contributed by atoms with Crippen LogP contribution in [0.3, 0.4) is 0 Å². The summed E-state index contributed by atoms with van der Waals surface area (Å²) in [6.45, 7) is -0.909. The van der Waals surface area contributed by atoms with Crippen molar-refractivity contribution in [2.24, 2.45) is 0 Å². The van der Waals surface area contributed by atoms with Gasteiger partial charge >= 0.3 is 6.36 Å². The van der Waals surface area contributed by atoms with Crippen LogP contribution in [0.5, 0.6) is 11.5 Å². The third-order valence-corrected chi connectivity index (χ3v) is 2.16. The Morgan fingerprint density at radius 3 is 2.41 bits per heavy atom. The second-order valence-electron chi connectivity index (χ2n) is 2.84. The fraction of sp³-hybridized carbons (Fsp3) is 0.333. The average molecular weight is 321 g/mol. The van der Waals surface area contributed by atoms with Gasteiger partial charge in [-0.3, -0.25) is 0 Å². The summed E-state index contributed by atoms with van der Waals surface area (Å²) >= 11 is 2.95. The molecular weight excluding hydrogens is 315 g/mol. The fourth-order valence-electron chi connectivity index (χ4n) is 0.944. The maximum absolute atomic E-state index is 11.9. The summed E-state index contributed by atoms with van der Waals surface area (Å²) in [5.41, 5.74) is 0. The fourth-order valence-corrected chi connectivity index (χ4v) is 1.31. The molecule has 1 rings (SSSR count). The molecule has 0 saturated carbocycles. The molecule has 0 aliphatic carbocycles. The van der Waals surface area contributed by atoms with Crippen molar-refractivity contribution in [2.45, 2.75) is 12.8 Å². The van der Waals surface area contributed by atoms with E-state index in [0.29, 0.717) is 0 Å². The van der Waals surface area contributed by atoms with Gasteiger partial charge in [-0.05, 0) is 28.1 Å². The van der Waals surface area contributed by atoms with Crippen molar-refractivity contribution >= 4 is 15.9 Å². The highest BCUT2D eigenvalue weighted by molar-refractivity contribution is 9.10. The molecule has 8 heteroatoms. The quantitative estimate of drug-likeness (QED) is 0.781. The van der Waals surface area contributed by atoms with E-state index in [1.54, 1.807) is 0 Å². The molecule has 96 valence electrons. The first-order valence-electron chi connectivity index (χ1n) is 4.24. The van der Waals surface area contributed by atoms with Gasteiger partial charge in [-0.1, -0.05) is 0 Å². The molecule has 0 aliphatic heterocycles. The summed E-state index contributed by atoms with van der Waals surface area (Å²) in [7, 11) is 0. The summed E-state index contributed by atoms with van der Waals surface area (Å²) in [4.78, 5) is 0. The first-order valence-corrected chi connectivity index (χ1v) is 5.03. The zero-order valence-corrected chi connectivity index (χ0v) is 9.69. The van der Waals surface area contributed by atoms with Crippen molar-refractivity contribution in [2.75, 3.05) is 6.61 Å². The predicted octanol–water partition coefficient (Wildman–Crippen LogP) is 3.99. The van der Waals surface area contributed by atoms with E-state index in [-0.39, 0.29) is 10.2 Å². The third-order valence-electron chi connectivity index (χ3n) is 1.50. The van der Waals surface area contributed by atoms with Crippen molar-refractivity contribution in [1.82, 2.24) is 0 Å². The Labute approximate surface area is 101 Å². The zero-order valence-electron chi connectivity index (χ0n) is 8.10. The van der Waals surface area contributed by atoms with Crippen LogP contribution in [0.2, 0.25) is 0 Å². The molecule has 0 amide bonds. The van der Waals surface area contributed by atoms with Gasteiger partial charge in [-0.2, -0.15) is 0 Å². The number of rotatable bonds is 4. The van der Waals surface area contributed by atoms with Crippen molar-refractivity contribution in [3.8, 4) is 11.5 Å². The smallest absolute Gasteiger partial charge is 0.486 e. The van der Waals surface area contributed by atoms with Crippen LogP contribution in [0.4, 0.5) is 22.0 Å². The highest BCUT2D eigenvalue weighted by Crippen LogP contribution is 2.32. The van der Waals surface area contributed by atoms with E-state index in [0.717, 1.165) is 12.1 Å². The molecule has 0 aliphatic rings. The molecule has 0 N–H and O–H groups in total. The Morgan fingerprint density at radius 2 is 1.88 bits per heavy atom. The molecule has 0 spiro atoms. The van der Waals surface area contributed by atoms with E-state index < -0.39 is 25.1 Å². The number of hydrogen-bond acceptors (Lipinski definition) is 2. The molecular formula is C9H6BrF5O2. The van der Waals surface area contributed by atoms with Crippen molar-refractivity contribution in [3.05, 3.63) is 22.7 Å². The predicted molar refractivity (Wildman–Crippen MR) is 52.3 cm³/mol. The molecule has 0 aromatic heterocycles. The van der Waals surface area contributed by atoms with Crippen LogP contribution in [0, 0.1) is 0 Å². The molecule has 17 heavy (non-hydrogen) atoms. The first-order chi connectivity index (χ1) is 7.78. The lowest BCUT2D eigenvalue weighted by atomic mass is 10.3. The Bertz CT molecular complexity index is 380. The summed E-state index contributed by atoms with van der Waals surface area (Å²) in [5, 5.41) is 0. The number of benzene rings is 1. The second-order valence-corrected chi connectivity index (χ2v) is 3.70. The van der Waals surface area contributed by atoms with Gasteiger partial charge in [0.2, 0.25) is 0 Å².